The third kappa shape index (κ3) is 7.46. The molecule has 0 atom stereocenters. The van der Waals surface area contributed by atoms with Gasteiger partial charge < -0.3 is 25.6 Å². The molecule has 1 heterocycles. The quantitative estimate of drug-likeness (QED) is 0.480. The molecule has 28 heavy (non-hydrogen) atoms. The maximum Gasteiger partial charge on any atom is 0.409 e. The van der Waals surface area contributed by atoms with Crippen molar-refractivity contribution in [2.75, 3.05) is 39.8 Å². The lowest BCUT2D eigenvalue weighted by atomic mass is 10.1. The number of rotatable bonds is 7. The molecule has 154 valence electrons. The van der Waals surface area contributed by atoms with Crippen molar-refractivity contribution in [2.24, 2.45) is 4.99 Å². The number of carbonyl (C=O) groups excluding carboxylic acids is 2. The second kappa shape index (κ2) is 11.8. The number of likely N-dealkylation sites (tertiary alicyclic amines) is 1. The predicted octanol–water partition coefficient (Wildman–Crippen LogP) is 1.13. The molecule has 0 aromatic heterocycles. The van der Waals surface area contributed by atoms with Gasteiger partial charge in [-0.3, -0.25) is 9.79 Å². The molecule has 3 N–H and O–H groups in total. The second-order valence-electron chi connectivity index (χ2n) is 6.62. The van der Waals surface area contributed by atoms with Crippen molar-refractivity contribution in [2.45, 2.75) is 32.2 Å². The topological polar surface area (TPSA) is 95.1 Å². The largest absolute Gasteiger partial charge is 0.450 e. The highest BCUT2D eigenvalue weighted by Crippen LogP contribution is 2.11. The van der Waals surface area contributed by atoms with Crippen LogP contribution in [0, 0.1) is 0 Å². The lowest BCUT2D eigenvalue weighted by Gasteiger charge is -2.32. The van der Waals surface area contributed by atoms with Crippen LogP contribution in [0.25, 0.3) is 0 Å². The molecule has 0 radical (unpaired) electrons. The fraction of sp³-hybridized carbons (Fsp3) is 0.550. The van der Waals surface area contributed by atoms with Crippen LogP contribution in [0.3, 0.4) is 0 Å². The Bertz CT molecular complexity index is 643. The summed E-state index contributed by atoms with van der Waals surface area (Å²) in [4.78, 5) is 29.6. The lowest BCUT2D eigenvalue weighted by Crippen LogP contribution is -2.51. The zero-order valence-corrected chi connectivity index (χ0v) is 16.7. The molecule has 1 aromatic carbocycles. The van der Waals surface area contributed by atoms with E-state index in [-0.39, 0.29) is 24.6 Å². The first-order chi connectivity index (χ1) is 13.6. The van der Waals surface area contributed by atoms with Crippen LogP contribution in [0.15, 0.2) is 35.3 Å². The molecule has 2 amide bonds. The van der Waals surface area contributed by atoms with Gasteiger partial charge in [-0.15, -0.1) is 0 Å². The van der Waals surface area contributed by atoms with Gasteiger partial charge in [0.2, 0.25) is 5.91 Å². The third-order valence-electron chi connectivity index (χ3n) is 4.58. The van der Waals surface area contributed by atoms with Gasteiger partial charge in [0.1, 0.15) is 0 Å². The SMILES string of the molecule is CCOC(=O)N1CCC(NC(=NC)NCC(=O)NCCc2ccccc2)CC1. The van der Waals surface area contributed by atoms with Crippen molar-refractivity contribution < 1.29 is 14.3 Å². The zero-order chi connectivity index (χ0) is 20.2. The number of hydrogen-bond acceptors (Lipinski definition) is 4. The highest BCUT2D eigenvalue weighted by atomic mass is 16.6. The Morgan fingerprint density at radius 2 is 1.89 bits per heavy atom. The molecular weight excluding hydrogens is 358 g/mol. The summed E-state index contributed by atoms with van der Waals surface area (Å²) in [5.74, 6) is 0.517. The molecule has 1 aliphatic rings. The Labute approximate surface area is 166 Å². The first-order valence-corrected chi connectivity index (χ1v) is 9.82. The van der Waals surface area contributed by atoms with Crippen molar-refractivity contribution in [3.8, 4) is 0 Å². The van der Waals surface area contributed by atoms with Crippen molar-refractivity contribution >= 4 is 18.0 Å². The molecule has 2 rings (SSSR count). The van der Waals surface area contributed by atoms with E-state index in [0.29, 0.717) is 32.2 Å². The molecule has 1 fully saturated rings. The molecular formula is C20H31N5O3. The number of carbonyl (C=O) groups is 2. The van der Waals surface area contributed by atoms with Gasteiger partial charge in [-0.1, -0.05) is 30.3 Å². The van der Waals surface area contributed by atoms with Crippen molar-refractivity contribution in [3.05, 3.63) is 35.9 Å². The number of amides is 2. The summed E-state index contributed by atoms with van der Waals surface area (Å²) < 4.78 is 5.03. The minimum atomic E-state index is -0.254. The van der Waals surface area contributed by atoms with E-state index in [1.165, 1.54) is 5.56 Å². The molecule has 0 bridgehead atoms. The fourth-order valence-electron chi connectivity index (χ4n) is 3.03. The van der Waals surface area contributed by atoms with E-state index in [2.05, 4.69) is 20.9 Å². The maximum atomic E-state index is 12.0. The molecule has 0 unspecified atom stereocenters. The number of aliphatic imine (C=N–C) groups is 1. The van der Waals surface area contributed by atoms with E-state index in [1.54, 1.807) is 18.9 Å². The van der Waals surface area contributed by atoms with E-state index >= 15 is 0 Å². The molecule has 0 spiro atoms. The fourth-order valence-corrected chi connectivity index (χ4v) is 3.03. The van der Waals surface area contributed by atoms with Crippen LogP contribution >= 0.6 is 0 Å². The summed E-state index contributed by atoms with van der Waals surface area (Å²) in [7, 11) is 1.68. The summed E-state index contributed by atoms with van der Waals surface area (Å²) in [6, 6.07) is 10.3. The van der Waals surface area contributed by atoms with Crippen LogP contribution in [-0.4, -0.2) is 68.7 Å². The lowest BCUT2D eigenvalue weighted by molar-refractivity contribution is -0.119. The Morgan fingerprint density at radius 1 is 1.18 bits per heavy atom. The smallest absolute Gasteiger partial charge is 0.409 e. The third-order valence-corrected chi connectivity index (χ3v) is 4.58. The van der Waals surface area contributed by atoms with Gasteiger partial charge in [0.25, 0.3) is 0 Å². The zero-order valence-electron chi connectivity index (χ0n) is 16.7. The molecule has 0 aliphatic carbocycles. The van der Waals surface area contributed by atoms with Crippen molar-refractivity contribution in [1.29, 1.82) is 0 Å². The van der Waals surface area contributed by atoms with Gasteiger partial charge in [0.05, 0.1) is 13.2 Å². The number of benzene rings is 1. The van der Waals surface area contributed by atoms with E-state index < -0.39 is 0 Å². The number of ether oxygens (including phenoxy) is 1. The van der Waals surface area contributed by atoms with E-state index in [4.69, 9.17) is 4.74 Å². The normalized spacial score (nSPS) is 15.1. The number of hydrogen-bond donors (Lipinski definition) is 3. The monoisotopic (exact) mass is 389 g/mol. The van der Waals surface area contributed by atoms with Gasteiger partial charge in [0, 0.05) is 32.7 Å². The van der Waals surface area contributed by atoms with E-state index in [0.717, 1.165) is 19.3 Å². The Hall–Kier alpha value is -2.77. The van der Waals surface area contributed by atoms with Gasteiger partial charge in [-0.2, -0.15) is 0 Å². The second-order valence-corrected chi connectivity index (χ2v) is 6.62. The van der Waals surface area contributed by atoms with Crippen molar-refractivity contribution in [1.82, 2.24) is 20.9 Å². The average molecular weight is 390 g/mol. The summed E-state index contributed by atoms with van der Waals surface area (Å²) in [5, 5.41) is 9.26. The van der Waals surface area contributed by atoms with Crippen LogP contribution in [0.4, 0.5) is 4.79 Å². The number of nitrogens with one attached hydrogen (secondary N) is 3. The Kier molecular flexibility index (Phi) is 9.10. The number of nitrogens with zero attached hydrogens (tertiary/aromatic N) is 2. The van der Waals surface area contributed by atoms with E-state index in [1.807, 2.05) is 30.3 Å². The average Bonchev–Trinajstić information content (AvgIpc) is 2.72. The highest BCUT2D eigenvalue weighted by Gasteiger charge is 2.24. The summed E-state index contributed by atoms with van der Waals surface area (Å²) in [6.45, 7) is 4.25. The van der Waals surface area contributed by atoms with Gasteiger partial charge >= 0.3 is 6.09 Å². The first-order valence-electron chi connectivity index (χ1n) is 9.82. The van der Waals surface area contributed by atoms with Crippen molar-refractivity contribution in [3.63, 3.8) is 0 Å². The molecule has 1 aromatic rings. The van der Waals surface area contributed by atoms with E-state index in [9.17, 15) is 9.59 Å². The van der Waals surface area contributed by atoms with Gasteiger partial charge in [-0.25, -0.2) is 4.79 Å². The Morgan fingerprint density at radius 3 is 2.54 bits per heavy atom. The maximum absolute atomic E-state index is 12.0. The molecule has 1 saturated heterocycles. The summed E-state index contributed by atoms with van der Waals surface area (Å²) in [6.07, 6.45) is 2.17. The van der Waals surface area contributed by atoms with Gasteiger partial charge in [-0.05, 0) is 31.7 Å². The number of piperidine rings is 1. The molecule has 8 nitrogen and oxygen atoms in total. The minimum Gasteiger partial charge on any atom is -0.450 e. The summed E-state index contributed by atoms with van der Waals surface area (Å²) >= 11 is 0. The Balaban J connectivity index is 1.63. The minimum absolute atomic E-state index is 0.0731. The van der Waals surface area contributed by atoms with Crippen LogP contribution < -0.4 is 16.0 Å². The van der Waals surface area contributed by atoms with Crippen LogP contribution in [0.2, 0.25) is 0 Å². The first kappa shape index (κ1) is 21.5. The predicted molar refractivity (Wildman–Crippen MR) is 109 cm³/mol. The highest BCUT2D eigenvalue weighted by molar-refractivity contribution is 5.86. The van der Waals surface area contributed by atoms with Crippen LogP contribution in [0.5, 0.6) is 0 Å². The summed E-state index contributed by atoms with van der Waals surface area (Å²) in [5.41, 5.74) is 1.20. The molecule has 8 heteroatoms. The number of guanidine groups is 1. The molecule has 0 saturated carbocycles. The van der Waals surface area contributed by atoms with Gasteiger partial charge in [0.15, 0.2) is 5.96 Å². The molecule has 1 aliphatic heterocycles. The van der Waals surface area contributed by atoms with Crippen LogP contribution in [-0.2, 0) is 16.0 Å². The van der Waals surface area contributed by atoms with Crippen LogP contribution in [0.1, 0.15) is 25.3 Å². The standard InChI is InChI=1S/C20H31N5O3/c1-3-28-20(27)25-13-10-17(11-14-25)24-19(21-2)23-15-18(26)22-12-9-16-7-5-4-6-8-16/h4-8,17H,3,9-15H2,1-2H3,(H,22,26)(H2,21,23,24).